The van der Waals surface area contributed by atoms with E-state index in [4.69, 9.17) is 0 Å². The van der Waals surface area contributed by atoms with Crippen molar-refractivity contribution in [2.24, 2.45) is 0 Å². The molecular weight excluding hydrogens is 327 g/mol. The van der Waals surface area contributed by atoms with E-state index in [1.165, 1.54) is 23.5 Å². The maximum atomic E-state index is 13.7. The lowest BCUT2D eigenvalue weighted by molar-refractivity contribution is 0.102. The predicted molar refractivity (Wildman–Crippen MR) is 91.6 cm³/mol. The van der Waals surface area contributed by atoms with Crippen LogP contribution in [0.25, 0.3) is 22.2 Å². The van der Waals surface area contributed by atoms with Crippen molar-refractivity contribution in [2.45, 2.75) is 0 Å². The van der Waals surface area contributed by atoms with Gasteiger partial charge in [-0.3, -0.25) is 15.1 Å². The Kier molecular flexibility index (Phi) is 3.55. The first-order chi connectivity index (χ1) is 11.7. The van der Waals surface area contributed by atoms with Crippen molar-refractivity contribution in [3.63, 3.8) is 0 Å². The van der Waals surface area contributed by atoms with Crippen molar-refractivity contribution >= 4 is 33.3 Å². The third-order valence-electron chi connectivity index (χ3n) is 3.54. The number of nitrogens with zero attached hydrogens (tertiary/aromatic N) is 2. The number of halogens is 1. The van der Waals surface area contributed by atoms with Crippen molar-refractivity contribution < 1.29 is 9.18 Å². The van der Waals surface area contributed by atoms with Gasteiger partial charge in [0.25, 0.3) is 5.91 Å². The second kappa shape index (κ2) is 5.86. The molecule has 0 aliphatic heterocycles. The molecule has 118 valence electrons. The molecule has 3 heterocycles. The van der Waals surface area contributed by atoms with Crippen LogP contribution in [0, 0.1) is 5.82 Å². The maximum absolute atomic E-state index is 13.7. The Morgan fingerprint density at radius 2 is 2.17 bits per heavy atom. The van der Waals surface area contributed by atoms with Gasteiger partial charge >= 0.3 is 0 Å². The number of amides is 1. The number of aromatic nitrogens is 3. The van der Waals surface area contributed by atoms with Crippen molar-refractivity contribution in [3.05, 3.63) is 65.7 Å². The molecule has 0 aliphatic rings. The van der Waals surface area contributed by atoms with Gasteiger partial charge in [-0.1, -0.05) is 6.07 Å². The molecule has 0 unspecified atom stereocenters. The van der Waals surface area contributed by atoms with E-state index in [1.807, 2.05) is 17.5 Å². The summed E-state index contributed by atoms with van der Waals surface area (Å²) in [5.74, 6) is -0.728. The lowest BCUT2D eigenvalue weighted by Gasteiger charge is -1.98. The summed E-state index contributed by atoms with van der Waals surface area (Å²) in [4.78, 5) is 23.7. The third kappa shape index (κ3) is 2.65. The molecule has 7 heteroatoms. The van der Waals surface area contributed by atoms with E-state index in [1.54, 1.807) is 24.5 Å². The number of hydrogen-bond acceptors (Lipinski definition) is 4. The maximum Gasteiger partial charge on any atom is 0.273 e. The molecule has 0 fully saturated rings. The molecule has 2 N–H and O–H groups in total. The van der Waals surface area contributed by atoms with E-state index < -0.39 is 0 Å². The van der Waals surface area contributed by atoms with Gasteiger partial charge in [0.15, 0.2) is 5.13 Å². The van der Waals surface area contributed by atoms with Crippen LogP contribution >= 0.6 is 11.3 Å². The first-order valence-electron chi connectivity index (χ1n) is 7.15. The van der Waals surface area contributed by atoms with E-state index in [2.05, 4.69) is 20.3 Å². The predicted octanol–water partition coefficient (Wildman–Crippen LogP) is 4.08. The summed E-state index contributed by atoms with van der Waals surface area (Å²) in [5.41, 5.74) is 2.48. The fraction of sp³-hybridized carbons (Fsp3) is 0. The topological polar surface area (TPSA) is 70.7 Å². The molecule has 0 bridgehead atoms. The van der Waals surface area contributed by atoms with Crippen LogP contribution in [-0.2, 0) is 0 Å². The van der Waals surface area contributed by atoms with Crippen LogP contribution in [0.5, 0.6) is 0 Å². The molecule has 0 atom stereocenters. The normalized spacial score (nSPS) is 10.9. The average Bonchev–Trinajstić information content (AvgIpc) is 3.23. The zero-order valence-corrected chi connectivity index (χ0v) is 13.1. The number of benzene rings is 1. The van der Waals surface area contributed by atoms with Gasteiger partial charge in [-0.2, -0.15) is 0 Å². The smallest absolute Gasteiger partial charge is 0.273 e. The van der Waals surface area contributed by atoms with Crippen molar-refractivity contribution in [1.29, 1.82) is 0 Å². The first-order valence-corrected chi connectivity index (χ1v) is 8.03. The molecule has 0 saturated heterocycles. The highest BCUT2D eigenvalue weighted by atomic mass is 32.1. The summed E-state index contributed by atoms with van der Waals surface area (Å²) >= 11 is 1.32. The molecule has 1 amide bonds. The summed E-state index contributed by atoms with van der Waals surface area (Å²) in [6.45, 7) is 0. The number of H-pyrrole nitrogens is 1. The van der Waals surface area contributed by atoms with Gasteiger partial charge in [0.05, 0.1) is 5.69 Å². The number of carbonyl (C=O) groups excluding carboxylic acids is 1. The number of thiazole rings is 1. The Bertz CT molecular complexity index is 1030. The van der Waals surface area contributed by atoms with Gasteiger partial charge in [0.2, 0.25) is 0 Å². The van der Waals surface area contributed by atoms with Crippen LogP contribution in [0.3, 0.4) is 0 Å². The quantitative estimate of drug-likeness (QED) is 0.591. The fourth-order valence-corrected chi connectivity index (χ4v) is 3.10. The van der Waals surface area contributed by atoms with Crippen LogP contribution < -0.4 is 5.32 Å². The van der Waals surface area contributed by atoms with Crippen molar-refractivity contribution in [3.8, 4) is 11.3 Å². The molecular formula is C17H11FN4OS. The van der Waals surface area contributed by atoms with Crippen LogP contribution in [0.2, 0.25) is 0 Å². The van der Waals surface area contributed by atoms with Gasteiger partial charge in [-0.25, -0.2) is 9.37 Å². The Morgan fingerprint density at radius 1 is 1.25 bits per heavy atom. The number of fused-ring (bicyclic) bond motifs is 1. The fourth-order valence-electron chi connectivity index (χ4n) is 2.38. The first kappa shape index (κ1) is 14.5. The zero-order valence-electron chi connectivity index (χ0n) is 12.3. The second-order valence-corrected chi connectivity index (χ2v) is 5.98. The lowest BCUT2D eigenvalue weighted by Crippen LogP contribution is -2.11. The van der Waals surface area contributed by atoms with Crippen LogP contribution in [0.15, 0.2) is 54.2 Å². The van der Waals surface area contributed by atoms with E-state index in [0.29, 0.717) is 16.0 Å². The van der Waals surface area contributed by atoms with Gasteiger partial charge in [0.1, 0.15) is 11.5 Å². The number of anilines is 1. The third-order valence-corrected chi connectivity index (χ3v) is 4.30. The number of nitrogens with one attached hydrogen (secondary N) is 2. The summed E-state index contributed by atoms with van der Waals surface area (Å²) < 4.78 is 13.7. The standard InChI is InChI=1S/C17H11FN4OS/c18-12-4-1-5-13-11(12)7-14(20-13)16(23)22-17-21-15(9-24-17)10-3-2-6-19-8-10/h1-9,20H,(H,21,22,23). The SMILES string of the molecule is O=C(Nc1nc(-c2cccnc2)cs1)c1cc2c(F)cccc2[nH]1. The minimum absolute atomic E-state index is 0.285. The zero-order chi connectivity index (χ0) is 16.5. The summed E-state index contributed by atoms with van der Waals surface area (Å²) in [6.07, 6.45) is 3.40. The number of rotatable bonds is 3. The second-order valence-electron chi connectivity index (χ2n) is 5.12. The lowest BCUT2D eigenvalue weighted by atomic mass is 10.2. The Morgan fingerprint density at radius 3 is 2.96 bits per heavy atom. The van der Waals surface area contributed by atoms with E-state index >= 15 is 0 Å². The number of pyridine rings is 1. The number of hydrogen-bond donors (Lipinski definition) is 2. The van der Waals surface area contributed by atoms with Crippen LogP contribution in [0.4, 0.5) is 9.52 Å². The van der Waals surface area contributed by atoms with Crippen molar-refractivity contribution in [1.82, 2.24) is 15.0 Å². The largest absolute Gasteiger partial charge is 0.350 e. The Hall–Kier alpha value is -3.06. The van der Waals surface area contributed by atoms with E-state index in [9.17, 15) is 9.18 Å². The van der Waals surface area contributed by atoms with Crippen LogP contribution in [0.1, 0.15) is 10.5 Å². The van der Waals surface area contributed by atoms with Gasteiger partial charge < -0.3 is 4.98 Å². The van der Waals surface area contributed by atoms with Gasteiger partial charge in [-0.15, -0.1) is 11.3 Å². The molecule has 0 radical (unpaired) electrons. The monoisotopic (exact) mass is 338 g/mol. The summed E-state index contributed by atoms with van der Waals surface area (Å²) in [6, 6.07) is 9.89. The molecule has 1 aromatic carbocycles. The molecule has 0 saturated carbocycles. The molecule has 0 aliphatic carbocycles. The van der Waals surface area contributed by atoms with Gasteiger partial charge in [0, 0.05) is 34.2 Å². The number of aromatic amines is 1. The van der Waals surface area contributed by atoms with Crippen molar-refractivity contribution in [2.75, 3.05) is 5.32 Å². The molecule has 0 spiro atoms. The highest BCUT2D eigenvalue weighted by molar-refractivity contribution is 7.14. The van der Waals surface area contributed by atoms with E-state index in [0.717, 1.165) is 11.3 Å². The highest BCUT2D eigenvalue weighted by Crippen LogP contribution is 2.25. The number of carbonyl (C=O) groups is 1. The average molecular weight is 338 g/mol. The minimum atomic E-state index is -0.365. The molecule has 4 rings (SSSR count). The summed E-state index contributed by atoms with van der Waals surface area (Å²) in [7, 11) is 0. The molecule has 3 aromatic heterocycles. The van der Waals surface area contributed by atoms with Crippen LogP contribution in [-0.4, -0.2) is 20.9 Å². The minimum Gasteiger partial charge on any atom is -0.350 e. The Balaban J connectivity index is 1.57. The van der Waals surface area contributed by atoms with Gasteiger partial charge in [-0.05, 0) is 30.3 Å². The van der Waals surface area contributed by atoms with E-state index in [-0.39, 0.29) is 17.4 Å². The summed E-state index contributed by atoms with van der Waals surface area (Å²) in [5, 5.41) is 5.43. The molecule has 4 aromatic rings. The Labute approximate surface area is 140 Å². The highest BCUT2D eigenvalue weighted by Gasteiger charge is 2.14. The molecule has 24 heavy (non-hydrogen) atoms. The molecule has 5 nitrogen and oxygen atoms in total.